The summed E-state index contributed by atoms with van der Waals surface area (Å²) in [4.78, 5) is 0. The van der Waals surface area contributed by atoms with Crippen LogP contribution >= 0.6 is 0 Å². The van der Waals surface area contributed by atoms with E-state index in [4.69, 9.17) is 21.0 Å². The summed E-state index contributed by atoms with van der Waals surface area (Å²) < 4.78 is 0. The highest BCUT2D eigenvalue weighted by Gasteiger charge is 2.00. The Morgan fingerprint density at radius 1 is 0.800 bits per heavy atom. The van der Waals surface area contributed by atoms with Crippen LogP contribution in [-0.2, 0) is 5.48 Å². The fraction of sp³-hybridized carbons (Fsp3) is 0. The fourth-order valence-corrected chi connectivity index (χ4v) is 0. The molecule has 0 unspecified atom stereocenters. The van der Waals surface area contributed by atoms with E-state index < -0.39 is 0 Å². The monoisotopic (exact) mass is 82.0 g/mol. The van der Waals surface area contributed by atoms with Gasteiger partial charge in [-0.1, -0.05) is 0 Å². The van der Waals surface area contributed by atoms with Gasteiger partial charge in [-0.25, -0.2) is 0 Å². The summed E-state index contributed by atoms with van der Waals surface area (Å²) in [7, 11) is 0. The molecule has 0 aliphatic rings. The normalized spacial score (nSPS) is 2.40. The summed E-state index contributed by atoms with van der Waals surface area (Å²) in [6.07, 6.45) is 0. The van der Waals surface area contributed by atoms with E-state index in [1.807, 2.05) is 0 Å². The van der Waals surface area contributed by atoms with Crippen molar-refractivity contribution in [2.45, 2.75) is 0 Å². The zero-order valence-electron chi connectivity index (χ0n) is 2.12. The van der Waals surface area contributed by atoms with Crippen LogP contribution < -0.4 is 10.5 Å². The van der Waals surface area contributed by atoms with E-state index in [1.165, 1.54) is 0 Å². The van der Waals surface area contributed by atoms with Crippen LogP contribution in [0.2, 0.25) is 0 Å². The summed E-state index contributed by atoms with van der Waals surface area (Å²) in [5.41, 5.74) is 0. The highest BCUT2D eigenvalue weighted by molar-refractivity contribution is 1.50. The summed E-state index contributed by atoms with van der Waals surface area (Å²) in [5.74, 6) is 0. The molecule has 5 heavy (non-hydrogen) atoms. The molecule has 0 heterocycles. The second kappa shape index (κ2) is 745. The van der Waals surface area contributed by atoms with Crippen LogP contribution in [0.1, 0.15) is 0 Å². The lowest BCUT2D eigenvalue weighted by Crippen LogP contribution is -1.84. The quantitative estimate of drug-likeness (QED) is 0.248. The molecule has 5 nitrogen and oxygen atoms in total. The second-order valence-corrected chi connectivity index (χ2v) is 0. The van der Waals surface area contributed by atoms with Gasteiger partial charge in [0.05, 0.1) is 0 Å². The Bertz CT molecular complexity index is 0. The third kappa shape index (κ3) is 308. The van der Waals surface area contributed by atoms with Crippen molar-refractivity contribution >= 4 is 0 Å². The largest absolute Gasteiger partial charge is 2.00 e. The average molecular weight is 82.0 g/mol. The van der Waals surface area contributed by atoms with Gasteiger partial charge in [-0.05, 0) is 0 Å². The van der Waals surface area contributed by atoms with Gasteiger partial charge in [0.15, 0.2) is 0 Å². The van der Waals surface area contributed by atoms with Crippen LogP contribution in [0, 0.1) is 0 Å². The molecule has 4 radical (unpaired) electrons. The number of hydrogen-bond acceptors (Lipinski definition) is 4. The smallest absolute Gasteiger partial charge is 0.727 e. The Hall–Kier alpha value is -0.200. The van der Waals surface area contributed by atoms with E-state index in [-0.39, 0.29) is 5.48 Å². The van der Waals surface area contributed by atoms with Gasteiger partial charge in [-0.3, -0.25) is 0 Å². The molecule has 5 heteroatoms. The Morgan fingerprint density at radius 2 is 0.800 bits per heavy atom. The van der Waals surface area contributed by atoms with E-state index >= 15 is 0 Å². The minimum atomic E-state index is 0. The van der Waals surface area contributed by atoms with E-state index in [9.17, 15) is 0 Å². The molecular formula is H2O5. The van der Waals surface area contributed by atoms with Crippen molar-refractivity contribution in [3.8, 4) is 0 Å². The third-order valence-electron chi connectivity index (χ3n) is 0. The van der Waals surface area contributed by atoms with Crippen LogP contribution in [-0.4, -0.2) is 10.5 Å². The van der Waals surface area contributed by atoms with E-state index in [2.05, 4.69) is 0 Å². The molecule has 0 fully saturated rings. The maximum absolute atomic E-state index is 7.25. The molecule has 0 aliphatic heterocycles. The topological polar surface area (TPSA) is 115 Å². The molecule has 2 N–H and O–H groups in total. The summed E-state index contributed by atoms with van der Waals surface area (Å²) >= 11 is 0. The van der Waals surface area contributed by atoms with Crippen LogP contribution in [0.5, 0.6) is 0 Å². The zero-order valence-corrected chi connectivity index (χ0v) is 2.12. The zero-order chi connectivity index (χ0) is 4.00. The van der Waals surface area contributed by atoms with Crippen molar-refractivity contribution in [2.75, 3.05) is 0 Å². The Balaban J connectivity index is -0.0000000133. The summed E-state index contributed by atoms with van der Waals surface area (Å²) in [6, 6.07) is 0. The van der Waals surface area contributed by atoms with Crippen molar-refractivity contribution in [3.05, 3.63) is 0 Å². The molecule has 0 amide bonds. The van der Waals surface area contributed by atoms with E-state index in [0.717, 1.165) is 0 Å². The van der Waals surface area contributed by atoms with Gasteiger partial charge in [0.1, 0.15) is 0 Å². The van der Waals surface area contributed by atoms with Crippen molar-refractivity contribution in [1.29, 1.82) is 0 Å². The number of hydrogen-bond donors (Lipinski definition) is 2. The van der Waals surface area contributed by atoms with Gasteiger partial charge in [-0.15, -0.1) is 0 Å². The second-order valence-electron chi connectivity index (χ2n) is 0. The maximum atomic E-state index is 7.25. The predicted octanol–water partition coefficient (Wildman–Crippen LogP) is -2.48. The highest BCUT2D eigenvalue weighted by atomic mass is 17.0. The molecule has 0 aromatic rings. The first-order valence-corrected chi connectivity index (χ1v) is 0.365. The number of rotatable bonds is 0. The lowest BCUT2D eigenvalue weighted by atomic mass is 15.0. The van der Waals surface area contributed by atoms with E-state index in [1.54, 1.807) is 0 Å². The van der Waals surface area contributed by atoms with Crippen molar-refractivity contribution in [3.63, 3.8) is 0 Å². The molecule has 32 valence electrons. The fourth-order valence-electron chi connectivity index (χ4n) is 0. The lowest BCUT2D eigenvalue weighted by molar-refractivity contribution is -0.670. The first kappa shape index (κ1) is 21.4. The third-order valence-corrected chi connectivity index (χ3v) is 0. The SMILES string of the molecule is [O+2].[O-]O.[O-]O. The molecule has 0 aromatic heterocycles. The van der Waals surface area contributed by atoms with Crippen molar-refractivity contribution in [2.24, 2.45) is 0 Å². The molecule has 0 rings (SSSR count). The minimum absolute atomic E-state index is 0. The first-order valence-electron chi connectivity index (χ1n) is 0.365. The van der Waals surface area contributed by atoms with Crippen LogP contribution in [0.3, 0.4) is 0 Å². The molecule has 0 saturated carbocycles. The average Bonchev–Trinajstić information content (AvgIpc) is 1.50. The highest BCUT2D eigenvalue weighted by Crippen LogP contribution is 0.359. The van der Waals surface area contributed by atoms with Crippen molar-refractivity contribution < 1.29 is 26.5 Å². The van der Waals surface area contributed by atoms with Crippen LogP contribution in [0.25, 0.3) is 0 Å². The molecule has 0 saturated heterocycles. The molecule has 0 bridgehead atoms. The molecule has 0 aromatic carbocycles. The van der Waals surface area contributed by atoms with Gasteiger partial charge < -0.3 is 21.0 Å². The standard InChI is InChI=1S/2H2O2.O/c2*1-2;/h2*1-2H;/q;;+2/p-2. The van der Waals surface area contributed by atoms with Gasteiger partial charge in [0, 0.05) is 0 Å². The molecular weight excluding hydrogens is 80.0 g/mol. The molecule has 0 aliphatic carbocycles. The van der Waals surface area contributed by atoms with Crippen LogP contribution in [0.15, 0.2) is 0 Å². The Kier molecular flexibility index (Phi) is 3190. The Morgan fingerprint density at radius 3 is 0.800 bits per heavy atom. The molecule has 0 spiro atoms. The minimum Gasteiger partial charge on any atom is -0.727 e. The summed E-state index contributed by atoms with van der Waals surface area (Å²) in [5, 5.41) is 26.0. The van der Waals surface area contributed by atoms with E-state index in [0.29, 0.717) is 0 Å². The van der Waals surface area contributed by atoms with Gasteiger partial charge >= 0.3 is 5.48 Å². The molecule has 0 atom stereocenters. The summed E-state index contributed by atoms with van der Waals surface area (Å²) in [6.45, 7) is 0. The van der Waals surface area contributed by atoms with Crippen LogP contribution in [0.4, 0.5) is 0 Å². The van der Waals surface area contributed by atoms with Gasteiger partial charge in [0.2, 0.25) is 0 Å². The lowest BCUT2D eigenvalue weighted by Gasteiger charge is -1.61. The predicted molar refractivity (Wildman–Crippen MR) is 5.94 cm³/mol. The van der Waals surface area contributed by atoms with Gasteiger partial charge in [0.25, 0.3) is 0 Å². The van der Waals surface area contributed by atoms with Gasteiger partial charge in [-0.2, -0.15) is 0 Å². The maximum Gasteiger partial charge on any atom is 2.00 e. The first-order chi connectivity index (χ1) is 2.00. The Labute approximate surface area is 27.9 Å². The van der Waals surface area contributed by atoms with Crippen molar-refractivity contribution in [1.82, 2.24) is 0 Å².